The van der Waals surface area contributed by atoms with Crippen molar-refractivity contribution in [2.24, 2.45) is 0 Å². The van der Waals surface area contributed by atoms with Crippen LogP contribution in [0.3, 0.4) is 0 Å². The summed E-state index contributed by atoms with van der Waals surface area (Å²) >= 11 is 0. The molecule has 42 heavy (non-hydrogen) atoms. The first kappa shape index (κ1) is 27.8. The monoisotopic (exact) mass is 566 g/mol. The van der Waals surface area contributed by atoms with Crippen molar-refractivity contribution in [1.29, 1.82) is 0 Å². The molecule has 1 aromatic heterocycles. The van der Waals surface area contributed by atoms with Gasteiger partial charge in [-0.15, -0.1) is 0 Å². The summed E-state index contributed by atoms with van der Waals surface area (Å²) in [5.41, 5.74) is 4.70. The highest BCUT2D eigenvalue weighted by Gasteiger charge is 2.45. The Hall–Kier alpha value is -4.33. The van der Waals surface area contributed by atoms with Crippen molar-refractivity contribution in [2.45, 2.75) is 31.8 Å². The predicted molar refractivity (Wildman–Crippen MR) is 163 cm³/mol. The van der Waals surface area contributed by atoms with Gasteiger partial charge in [0.2, 0.25) is 17.1 Å². The number of aromatic nitrogens is 1. The second kappa shape index (κ2) is 11.2. The lowest BCUT2D eigenvalue weighted by Crippen LogP contribution is -2.53. The van der Waals surface area contributed by atoms with Gasteiger partial charge in [-0.1, -0.05) is 48.5 Å². The minimum Gasteiger partial charge on any atom is -0.496 e. The number of hydrogen-bond acceptors (Lipinski definition) is 6. The summed E-state index contributed by atoms with van der Waals surface area (Å²) < 4.78 is 39.3. The quantitative estimate of drug-likeness (QED) is 0.155. The average Bonchev–Trinajstić information content (AvgIpc) is 3.03. The molecular formula is C35H36NO6+. The van der Waals surface area contributed by atoms with Crippen molar-refractivity contribution in [2.75, 3.05) is 35.0 Å². The number of ether oxygens (including phenoxy) is 6. The Morgan fingerprint density at radius 2 is 1.12 bits per heavy atom. The molecule has 0 radical (unpaired) electrons. The largest absolute Gasteiger partial charge is 0.496 e. The van der Waals surface area contributed by atoms with Gasteiger partial charge in [0.05, 0.1) is 44.8 Å². The molecule has 216 valence electrons. The number of rotatable bonds is 7. The lowest BCUT2D eigenvalue weighted by atomic mass is 9.91. The highest BCUT2D eigenvalue weighted by Crippen LogP contribution is 2.50. The van der Waals surface area contributed by atoms with E-state index < -0.39 is 5.79 Å². The van der Waals surface area contributed by atoms with Gasteiger partial charge in [0.25, 0.3) is 0 Å². The molecule has 6 rings (SSSR count). The Balaban J connectivity index is 1.80. The van der Waals surface area contributed by atoms with Gasteiger partial charge in [0.15, 0.2) is 5.79 Å². The predicted octanol–water partition coefficient (Wildman–Crippen LogP) is 7.05. The lowest BCUT2D eigenvalue weighted by Gasteiger charge is -2.39. The average molecular weight is 567 g/mol. The second-order valence-electron chi connectivity index (χ2n) is 10.7. The summed E-state index contributed by atoms with van der Waals surface area (Å²) in [7, 11) is 6.72. The van der Waals surface area contributed by atoms with Gasteiger partial charge in [0.1, 0.15) is 35.7 Å². The maximum absolute atomic E-state index is 6.68. The molecular weight excluding hydrogens is 530 g/mol. The van der Waals surface area contributed by atoms with E-state index in [-0.39, 0.29) is 12.1 Å². The van der Waals surface area contributed by atoms with E-state index in [1.807, 2.05) is 74.5 Å². The molecule has 0 saturated carbocycles. The van der Waals surface area contributed by atoms with Crippen molar-refractivity contribution < 1.29 is 33.0 Å². The number of hydrogen-bond donors (Lipinski definition) is 0. The van der Waals surface area contributed by atoms with Crippen LogP contribution >= 0.6 is 0 Å². The molecule has 1 saturated heterocycles. The second-order valence-corrected chi connectivity index (χ2v) is 10.7. The highest BCUT2D eigenvalue weighted by atomic mass is 16.7. The first-order valence-electron chi connectivity index (χ1n) is 14.0. The van der Waals surface area contributed by atoms with Gasteiger partial charge in [0, 0.05) is 17.7 Å². The molecule has 7 heteroatoms. The summed E-state index contributed by atoms with van der Waals surface area (Å²) in [4.78, 5) is 0. The van der Waals surface area contributed by atoms with Gasteiger partial charge in [-0.05, 0) is 43.7 Å². The van der Waals surface area contributed by atoms with Gasteiger partial charge < -0.3 is 28.4 Å². The van der Waals surface area contributed by atoms with E-state index in [0.717, 1.165) is 38.5 Å². The summed E-state index contributed by atoms with van der Waals surface area (Å²) in [5, 5.41) is 1.80. The molecule has 2 atom stereocenters. The molecule has 0 amide bonds. The van der Waals surface area contributed by atoms with Crippen LogP contribution in [0.25, 0.3) is 32.9 Å². The molecule has 1 fully saturated rings. The zero-order chi connectivity index (χ0) is 29.4. The summed E-state index contributed by atoms with van der Waals surface area (Å²) in [5.74, 6) is 2.04. The van der Waals surface area contributed by atoms with Crippen molar-refractivity contribution in [3.05, 3.63) is 90.5 Å². The molecule has 5 aromatic rings. The Labute approximate surface area is 246 Å². The van der Waals surface area contributed by atoms with Gasteiger partial charge in [-0.3, -0.25) is 0 Å². The maximum Gasteiger partial charge on any atom is 0.217 e. The Morgan fingerprint density at radius 1 is 0.619 bits per heavy atom. The third-order valence-electron chi connectivity index (χ3n) is 7.97. The Kier molecular flexibility index (Phi) is 7.39. The van der Waals surface area contributed by atoms with Gasteiger partial charge in [-0.2, -0.15) is 4.57 Å². The Morgan fingerprint density at radius 3 is 1.64 bits per heavy atom. The number of nitrogens with zero attached hydrogens (tertiary/aromatic N) is 1. The van der Waals surface area contributed by atoms with Crippen LogP contribution in [0.2, 0.25) is 0 Å². The minimum atomic E-state index is -0.747. The summed E-state index contributed by atoms with van der Waals surface area (Å²) in [6, 6.07) is 28.1. The van der Waals surface area contributed by atoms with Crippen molar-refractivity contribution in [3.63, 3.8) is 0 Å². The molecule has 0 aliphatic carbocycles. The van der Waals surface area contributed by atoms with Crippen LogP contribution in [0.4, 0.5) is 0 Å². The maximum atomic E-state index is 6.68. The minimum absolute atomic E-state index is 0.210. The van der Waals surface area contributed by atoms with Gasteiger partial charge in [-0.25, -0.2) is 0 Å². The number of methoxy groups -OCH3 is 4. The molecule has 2 heterocycles. The van der Waals surface area contributed by atoms with Crippen LogP contribution in [0.5, 0.6) is 23.0 Å². The van der Waals surface area contributed by atoms with E-state index in [1.54, 1.807) is 28.4 Å². The van der Waals surface area contributed by atoms with Crippen LogP contribution in [-0.2, 0) is 9.47 Å². The molecule has 7 nitrogen and oxygen atoms in total. The van der Waals surface area contributed by atoms with Crippen LogP contribution in [0.1, 0.15) is 31.6 Å². The molecule has 1 aliphatic heterocycles. The number of benzene rings is 4. The lowest BCUT2D eigenvalue weighted by molar-refractivity contribution is -0.697. The fourth-order valence-corrected chi connectivity index (χ4v) is 6.18. The van der Waals surface area contributed by atoms with E-state index in [2.05, 4.69) is 28.8 Å². The van der Waals surface area contributed by atoms with Crippen molar-refractivity contribution in [3.8, 4) is 34.1 Å². The SMILES string of the molecule is COc1cccc(OC)c1-c1c2c(OC)cccc2[n+]([C@H]2COC(C)(C)O[C@H]2c2ccccc2)c2cccc(OC)c12. The zero-order valence-corrected chi connectivity index (χ0v) is 24.8. The summed E-state index contributed by atoms with van der Waals surface area (Å²) in [6.07, 6.45) is -0.282. The smallest absolute Gasteiger partial charge is 0.217 e. The van der Waals surface area contributed by atoms with Crippen LogP contribution in [-0.4, -0.2) is 40.8 Å². The van der Waals surface area contributed by atoms with E-state index >= 15 is 0 Å². The molecule has 0 N–H and O–H groups in total. The fraction of sp³-hybridized carbons (Fsp3) is 0.286. The van der Waals surface area contributed by atoms with E-state index in [4.69, 9.17) is 28.4 Å². The van der Waals surface area contributed by atoms with Gasteiger partial charge >= 0.3 is 0 Å². The highest BCUT2D eigenvalue weighted by molar-refractivity contribution is 6.13. The summed E-state index contributed by atoms with van der Waals surface area (Å²) in [6.45, 7) is 4.36. The topological polar surface area (TPSA) is 59.3 Å². The molecule has 0 bridgehead atoms. The third kappa shape index (κ3) is 4.59. The van der Waals surface area contributed by atoms with Crippen molar-refractivity contribution >= 4 is 21.8 Å². The fourth-order valence-electron chi connectivity index (χ4n) is 6.18. The molecule has 1 aliphatic rings. The Bertz CT molecular complexity index is 1660. The first-order valence-corrected chi connectivity index (χ1v) is 14.0. The third-order valence-corrected chi connectivity index (χ3v) is 7.97. The van der Waals surface area contributed by atoms with E-state index in [0.29, 0.717) is 29.6 Å². The van der Waals surface area contributed by atoms with Crippen LogP contribution in [0, 0.1) is 0 Å². The number of pyridine rings is 1. The molecule has 4 aromatic carbocycles. The molecule has 0 unspecified atom stereocenters. The number of fused-ring (bicyclic) bond motifs is 2. The zero-order valence-electron chi connectivity index (χ0n) is 24.8. The molecule has 0 spiro atoms. The van der Waals surface area contributed by atoms with Crippen molar-refractivity contribution in [1.82, 2.24) is 0 Å². The van der Waals surface area contributed by atoms with E-state index in [9.17, 15) is 0 Å². The van der Waals surface area contributed by atoms with Crippen LogP contribution in [0.15, 0.2) is 84.9 Å². The normalized spacial score (nSPS) is 18.1. The van der Waals surface area contributed by atoms with Crippen LogP contribution < -0.4 is 23.5 Å². The standard InChI is InChI=1S/C35H36NO6/c1-35(2)41-21-25(34(42-35)22-13-8-7-9-14-22)36-23-15-10-17-26(37-3)30(23)33(31-24(36)16-11-18-27(31)38-4)32-28(39-5)19-12-20-29(32)40-6/h7-20,25,34H,21H2,1-6H3/q+1/t25-,34-/m0/s1. The van der Waals surface area contributed by atoms with E-state index in [1.165, 1.54) is 0 Å². The first-order chi connectivity index (χ1) is 20.4.